The molecule has 0 amide bonds. The van der Waals surface area contributed by atoms with E-state index in [1.807, 2.05) is 0 Å². The van der Waals surface area contributed by atoms with E-state index in [0.717, 1.165) is 17.7 Å². The third kappa shape index (κ3) is 3.43. The van der Waals surface area contributed by atoms with Crippen LogP contribution in [0.5, 0.6) is 0 Å². The molecule has 0 spiro atoms. The molecule has 2 nitrogen and oxygen atoms in total. The van der Waals surface area contributed by atoms with Gasteiger partial charge in [0.1, 0.15) is 0 Å². The molecule has 0 aromatic rings. The number of nitrogens with zero attached hydrogens (tertiary/aromatic N) is 1. The molecule has 1 saturated heterocycles. The molecule has 2 fully saturated rings. The van der Waals surface area contributed by atoms with Crippen LogP contribution in [0.15, 0.2) is 0 Å². The maximum absolute atomic E-state index is 6.14. The second-order valence-electron chi connectivity index (χ2n) is 6.11. The smallest absolute Gasteiger partial charge is 0.0250 e. The van der Waals surface area contributed by atoms with Gasteiger partial charge in [-0.15, -0.1) is 0 Å². The zero-order chi connectivity index (χ0) is 13.0. The molecule has 18 heavy (non-hydrogen) atoms. The highest BCUT2D eigenvalue weighted by atomic mass is 32.2. The lowest BCUT2D eigenvalue weighted by molar-refractivity contribution is 0.0986. The van der Waals surface area contributed by atoms with Gasteiger partial charge in [0, 0.05) is 36.2 Å². The van der Waals surface area contributed by atoms with Gasteiger partial charge in [-0.1, -0.05) is 32.6 Å². The second-order valence-corrected chi connectivity index (χ2v) is 7.59. The molecule has 1 heterocycles. The lowest BCUT2D eigenvalue weighted by Crippen LogP contribution is -2.55. The number of hydrogen-bond donors (Lipinski definition) is 1. The lowest BCUT2D eigenvalue weighted by Gasteiger charge is -2.45. The first-order valence-corrected chi connectivity index (χ1v) is 8.86. The van der Waals surface area contributed by atoms with Gasteiger partial charge >= 0.3 is 0 Å². The van der Waals surface area contributed by atoms with Gasteiger partial charge in [-0.25, -0.2) is 0 Å². The summed E-state index contributed by atoms with van der Waals surface area (Å²) in [5.74, 6) is 2.14. The fourth-order valence-corrected chi connectivity index (χ4v) is 4.84. The fourth-order valence-electron chi connectivity index (χ4n) is 3.72. The molecule has 0 bridgehead atoms. The fraction of sp³-hybridized carbons (Fsp3) is 1.00. The maximum atomic E-state index is 6.14. The summed E-state index contributed by atoms with van der Waals surface area (Å²) in [5, 5.41) is 0.763. The van der Waals surface area contributed by atoms with Crippen molar-refractivity contribution in [1.82, 2.24) is 4.90 Å². The zero-order valence-corrected chi connectivity index (χ0v) is 12.9. The largest absolute Gasteiger partial charge is 0.329 e. The van der Waals surface area contributed by atoms with Crippen molar-refractivity contribution in [1.29, 1.82) is 0 Å². The van der Waals surface area contributed by atoms with E-state index < -0.39 is 0 Å². The molecule has 2 rings (SSSR count). The van der Waals surface area contributed by atoms with E-state index in [1.165, 1.54) is 50.8 Å². The Bertz CT molecular complexity index is 239. The highest BCUT2D eigenvalue weighted by Crippen LogP contribution is 2.32. The minimum Gasteiger partial charge on any atom is -0.329 e. The van der Waals surface area contributed by atoms with Gasteiger partial charge in [0.15, 0.2) is 0 Å². The van der Waals surface area contributed by atoms with Crippen molar-refractivity contribution in [2.45, 2.75) is 69.7 Å². The number of thioether (sulfide) groups is 1. The van der Waals surface area contributed by atoms with Crippen molar-refractivity contribution in [3.63, 3.8) is 0 Å². The molecule has 0 aromatic carbocycles. The van der Waals surface area contributed by atoms with Gasteiger partial charge in [0.05, 0.1) is 0 Å². The van der Waals surface area contributed by atoms with Gasteiger partial charge in [-0.2, -0.15) is 11.8 Å². The van der Waals surface area contributed by atoms with Crippen LogP contribution in [0.4, 0.5) is 0 Å². The van der Waals surface area contributed by atoms with Crippen LogP contribution in [0.25, 0.3) is 0 Å². The van der Waals surface area contributed by atoms with Gasteiger partial charge in [-0.05, 0) is 25.7 Å². The van der Waals surface area contributed by atoms with E-state index in [9.17, 15) is 0 Å². The number of nitrogens with two attached hydrogens (primary N) is 1. The minimum atomic E-state index is 0.640. The van der Waals surface area contributed by atoms with Crippen molar-refractivity contribution >= 4 is 11.8 Å². The van der Waals surface area contributed by atoms with Gasteiger partial charge in [-0.3, -0.25) is 4.90 Å². The molecular formula is C15H30N2S. The van der Waals surface area contributed by atoms with Crippen LogP contribution in [-0.4, -0.2) is 41.1 Å². The first kappa shape index (κ1) is 14.7. The van der Waals surface area contributed by atoms with Crippen LogP contribution >= 0.6 is 11.8 Å². The quantitative estimate of drug-likeness (QED) is 0.799. The highest BCUT2D eigenvalue weighted by Gasteiger charge is 2.34. The molecule has 3 unspecified atom stereocenters. The second kappa shape index (κ2) is 7.16. The van der Waals surface area contributed by atoms with Crippen molar-refractivity contribution in [2.75, 3.05) is 18.8 Å². The molecule has 2 aliphatic rings. The minimum absolute atomic E-state index is 0.640. The van der Waals surface area contributed by atoms with E-state index in [0.29, 0.717) is 12.1 Å². The lowest BCUT2D eigenvalue weighted by atomic mass is 9.89. The van der Waals surface area contributed by atoms with E-state index in [2.05, 4.69) is 30.5 Å². The Balaban J connectivity index is 2.01. The van der Waals surface area contributed by atoms with Crippen LogP contribution in [-0.2, 0) is 0 Å². The molecule has 0 radical (unpaired) electrons. The van der Waals surface area contributed by atoms with Crippen molar-refractivity contribution in [3.05, 3.63) is 0 Å². The molecular weight excluding hydrogens is 240 g/mol. The van der Waals surface area contributed by atoms with E-state index in [-0.39, 0.29) is 0 Å². The summed E-state index contributed by atoms with van der Waals surface area (Å²) in [4.78, 5) is 2.73. The Morgan fingerprint density at radius 3 is 2.44 bits per heavy atom. The summed E-state index contributed by atoms with van der Waals surface area (Å²) < 4.78 is 0. The Kier molecular flexibility index (Phi) is 5.84. The topological polar surface area (TPSA) is 29.3 Å². The van der Waals surface area contributed by atoms with Crippen LogP contribution in [0, 0.1) is 5.92 Å². The third-order valence-corrected chi connectivity index (χ3v) is 6.38. The first-order chi connectivity index (χ1) is 8.74. The maximum Gasteiger partial charge on any atom is 0.0250 e. The normalized spacial score (nSPS) is 34.2. The molecule has 2 N–H and O–H groups in total. The summed E-state index contributed by atoms with van der Waals surface area (Å²) in [6.45, 7) is 6.87. The Labute approximate surface area is 117 Å². The van der Waals surface area contributed by atoms with Gasteiger partial charge in [0.2, 0.25) is 0 Å². The predicted molar refractivity (Wildman–Crippen MR) is 82.1 cm³/mol. The SMILES string of the molecule is CC1SCCN(C(CN)C2CCCCCC2)C1C. The standard InChI is InChI=1S/C15H30N2S/c1-12-13(2)18-10-9-17(12)15(11-16)14-7-5-3-4-6-8-14/h12-15H,3-11,16H2,1-2H3. The number of hydrogen-bond acceptors (Lipinski definition) is 3. The molecule has 106 valence electrons. The molecule has 1 aliphatic carbocycles. The molecule has 1 saturated carbocycles. The summed E-state index contributed by atoms with van der Waals surface area (Å²) in [6.07, 6.45) is 8.55. The Hall–Kier alpha value is 0.270. The monoisotopic (exact) mass is 270 g/mol. The van der Waals surface area contributed by atoms with Crippen molar-refractivity contribution in [2.24, 2.45) is 11.7 Å². The van der Waals surface area contributed by atoms with Crippen molar-refractivity contribution < 1.29 is 0 Å². The molecule has 3 heteroatoms. The zero-order valence-electron chi connectivity index (χ0n) is 12.1. The van der Waals surface area contributed by atoms with Crippen LogP contribution in [0.1, 0.15) is 52.4 Å². The van der Waals surface area contributed by atoms with Crippen molar-refractivity contribution in [3.8, 4) is 0 Å². The van der Waals surface area contributed by atoms with E-state index in [4.69, 9.17) is 5.73 Å². The average molecular weight is 270 g/mol. The average Bonchev–Trinajstić information content (AvgIpc) is 2.64. The summed E-state index contributed by atoms with van der Waals surface area (Å²) in [5.41, 5.74) is 6.14. The van der Waals surface area contributed by atoms with Gasteiger partial charge < -0.3 is 5.73 Å². The molecule has 3 atom stereocenters. The summed E-state index contributed by atoms with van der Waals surface area (Å²) >= 11 is 2.13. The summed E-state index contributed by atoms with van der Waals surface area (Å²) in [7, 11) is 0. The Morgan fingerprint density at radius 2 is 1.83 bits per heavy atom. The predicted octanol–water partition coefficient (Wildman–Crippen LogP) is 3.11. The van der Waals surface area contributed by atoms with E-state index in [1.54, 1.807) is 0 Å². The van der Waals surface area contributed by atoms with Crippen LogP contribution in [0.3, 0.4) is 0 Å². The van der Waals surface area contributed by atoms with Gasteiger partial charge in [0.25, 0.3) is 0 Å². The highest BCUT2D eigenvalue weighted by molar-refractivity contribution is 8.00. The summed E-state index contributed by atoms with van der Waals surface area (Å²) in [6, 6.07) is 1.34. The third-order valence-electron chi connectivity index (χ3n) is 5.04. The van der Waals surface area contributed by atoms with Crippen LogP contribution in [0.2, 0.25) is 0 Å². The van der Waals surface area contributed by atoms with E-state index >= 15 is 0 Å². The van der Waals surface area contributed by atoms with Crippen LogP contribution < -0.4 is 5.73 Å². The molecule has 0 aromatic heterocycles. The number of rotatable bonds is 3. The Morgan fingerprint density at radius 1 is 1.17 bits per heavy atom. The first-order valence-electron chi connectivity index (χ1n) is 7.81. The molecule has 1 aliphatic heterocycles.